The van der Waals surface area contributed by atoms with E-state index in [1.165, 1.54) is 6.20 Å². The summed E-state index contributed by atoms with van der Waals surface area (Å²) in [6.45, 7) is 1.80. The molecule has 62 valence electrons. The highest BCUT2D eigenvalue weighted by molar-refractivity contribution is 5.45. The molecule has 0 saturated heterocycles. The lowest BCUT2D eigenvalue weighted by atomic mass is 10.1. The van der Waals surface area contributed by atoms with Gasteiger partial charge in [0.2, 0.25) is 0 Å². The van der Waals surface area contributed by atoms with Crippen LogP contribution in [0.3, 0.4) is 0 Å². The van der Waals surface area contributed by atoms with Crippen molar-refractivity contribution in [1.82, 2.24) is 4.98 Å². The van der Waals surface area contributed by atoms with Gasteiger partial charge in [-0.15, -0.1) is 0 Å². The lowest BCUT2D eigenvalue weighted by Gasteiger charge is -2.07. The van der Waals surface area contributed by atoms with E-state index in [0.717, 1.165) is 0 Å². The highest BCUT2D eigenvalue weighted by atomic mass is 14.8. The minimum atomic E-state index is -0.189. The summed E-state index contributed by atoms with van der Waals surface area (Å²) in [6.07, 6.45) is 1.43. The summed E-state index contributed by atoms with van der Waals surface area (Å²) >= 11 is 0. The van der Waals surface area contributed by atoms with Crippen LogP contribution < -0.4 is 11.5 Å². The number of nitrogens with two attached hydrogens (primary N) is 2. The Bertz CT molecular complexity index is 324. The summed E-state index contributed by atoms with van der Waals surface area (Å²) in [4.78, 5) is 3.85. The zero-order valence-electron chi connectivity index (χ0n) is 6.78. The molecule has 1 aromatic heterocycles. The molecule has 1 atom stereocenters. The molecule has 4 N–H and O–H groups in total. The molecule has 0 aliphatic carbocycles. The van der Waals surface area contributed by atoms with Crippen LogP contribution in [0.1, 0.15) is 24.1 Å². The maximum absolute atomic E-state index is 8.56. The lowest BCUT2D eigenvalue weighted by Crippen LogP contribution is -2.09. The van der Waals surface area contributed by atoms with Crippen LogP contribution in [0.5, 0.6) is 0 Å². The standard InChI is InChI=1S/C8H10N4/c1-5(10)7-2-6(3-9)4-12-8(7)11/h2,4-5H,10H2,1H3,(H2,11,12)/t5-/m0/s1. The molecule has 1 heterocycles. The van der Waals surface area contributed by atoms with Crippen LogP contribution in [0.2, 0.25) is 0 Å². The summed E-state index contributed by atoms with van der Waals surface area (Å²) in [6, 6.07) is 3.45. The maximum Gasteiger partial charge on any atom is 0.128 e. The number of nitriles is 1. The van der Waals surface area contributed by atoms with Gasteiger partial charge in [0.1, 0.15) is 11.9 Å². The molecular weight excluding hydrogens is 152 g/mol. The van der Waals surface area contributed by atoms with Crippen LogP contribution in [0.15, 0.2) is 12.3 Å². The Morgan fingerprint density at radius 1 is 1.67 bits per heavy atom. The summed E-state index contributed by atoms with van der Waals surface area (Å²) in [5, 5.41) is 8.56. The number of aromatic nitrogens is 1. The zero-order chi connectivity index (χ0) is 9.14. The molecule has 0 unspecified atom stereocenters. The van der Waals surface area contributed by atoms with Gasteiger partial charge in [-0.1, -0.05) is 0 Å². The number of nitrogens with zero attached hydrogens (tertiary/aromatic N) is 2. The Balaban J connectivity index is 3.19. The number of hydrogen-bond donors (Lipinski definition) is 2. The van der Waals surface area contributed by atoms with E-state index in [2.05, 4.69) is 4.98 Å². The maximum atomic E-state index is 8.56. The highest BCUT2D eigenvalue weighted by Gasteiger charge is 2.05. The topological polar surface area (TPSA) is 88.7 Å². The third-order valence-electron chi connectivity index (χ3n) is 1.57. The first-order chi connectivity index (χ1) is 5.65. The number of nitrogen functional groups attached to an aromatic ring is 1. The van der Waals surface area contributed by atoms with Crippen LogP contribution in [0.4, 0.5) is 5.82 Å². The van der Waals surface area contributed by atoms with Crippen LogP contribution in [0.25, 0.3) is 0 Å². The van der Waals surface area contributed by atoms with E-state index in [1.54, 1.807) is 13.0 Å². The number of hydrogen-bond acceptors (Lipinski definition) is 4. The molecule has 0 aliphatic heterocycles. The van der Waals surface area contributed by atoms with Crippen molar-refractivity contribution in [2.24, 2.45) is 5.73 Å². The van der Waals surface area contributed by atoms with Crippen LogP contribution in [0, 0.1) is 11.3 Å². The predicted molar refractivity (Wildman–Crippen MR) is 46.0 cm³/mol. The molecule has 0 aliphatic rings. The summed E-state index contributed by atoms with van der Waals surface area (Å²) < 4.78 is 0. The number of pyridine rings is 1. The Morgan fingerprint density at radius 3 is 2.83 bits per heavy atom. The van der Waals surface area contributed by atoms with E-state index in [1.807, 2.05) is 6.07 Å². The largest absolute Gasteiger partial charge is 0.383 e. The molecule has 4 heteroatoms. The SMILES string of the molecule is C[C@H](N)c1cc(C#N)cnc1N. The Hall–Kier alpha value is -1.60. The third-order valence-corrected chi connectivity index (χ3v) is 1.57. The highest BCUT2D eigenvalue weighted by Crippen LogP contribution is 2.16. The van der Waals surface area contributed by atoms with Crippen LogP contribution in [-0.2, 0) is 0 Å². The van der Waals surface area contributed by atoms with Gasteiger partial charge in [0.05, 0.1) is 5.56 Å². The fourth-order valence-corrected chi connectivity index (χ4v) is 0.918. The molecule has 0 fully saturated rings. The quantitative estimate of drug-likeness (QED) is 0.631. The summed E-state index contributed by atoms with van der Waals surface area (Å²) in [5.74, 6) is 0.393. The second kappa shape index (κ2) is 3.20. The minimum Gasteiger partial charge on any atom is -0.383 e. The lowest BCUT2D eigenvalue weighted by molar-refractivity contribution is 0.815. The van der Waals surface area contributed by atoms with E-state index in [9.17, 15) is 0 Å². The first-order valence-electron chi connectivity index (χ1n) is 3.56. The minimum absolute atomic E-state index is 0.189. The smallest absolute Gasteiger partial charge is 0.128 e. The van der Waals surface area contributed by atoms with Crippen molar-refractivity contribution in [3.05, 3.63) is 23.4 Å². The van der Waals surface area contributed by atoms with Gasteiger partial charge in [-0.25, -0.2) is 4.98 Å². The first-order valence-corrected chi connectivity index (χ1v) is 3.56. The fourth-order valence-electron chi connectivity index (χ4n) is 0.918. The van der Waals surface area contributed by atoms with Crippen molar-refractivity contribution in [3.8, 4) is 6.07 Å². The van der Waals surface area contributed by atoms with Gasteiger partial charge < -0.3 is 11.5 Å². The summed E-state index contributed by atoms with van der Waals surface area (Å²) in [5.41, 5.74) is 12.4. The molecule has 0 saturated carbocycles. The van der Waals surface area contributed by atoms with Gasteiger partial charge >= 0.3 is 0 Å². The van der Waals surface area contributed by atoms with Crippen LogP contribution in [-0.4, -0.2) is 4.98 Å². The Morgan fingerprint density at radius 2 is 2.33 bits per heavy atom. The van der Waals surface area contributed by atoms with Crippen molar-refractivity contribution in [3.63, 3.8) is 0 Å². The van der Waals surface area contributed by atoms with Crippen molar-refractivity contribution in [2.75, 3.05) is 5.73 Å². The molecule has 1 aromatic rings. The van der Waals surface area contributed by atoms with Gasteiger partial charge in [-0.3, -0.25) is 0 Å². The molecule has 0 bridgehead atoms. The number of rotatable bonds is 1. The zero-order valence-corrected chi connectivity index (χ0v) is 6.78. The van der Waals surface area contributed by atoms with Gasteiger partial charge in [-0.05, 0) is 13.0 Å². The first kappa shape index (κ1) is 8.50. The van der Waals surface area contributed by atoms with E-state index in [-0.39, 0.29) is 6.04 Å². The van der Waals surface area contributed by atoms with Gasteiger partial charge in [0.25, 0.3) is 0 Å². The molecule has 12 heavy (non-hydrogen) atoms. The van der Waals surface area contributed by atoms with E-state index in [4.69, 9.17) is 16.7 Å². The van der Waals surface area contributed by atoms with E-state index < -0.39 is 0 Å². The van der Waals surface area contributed by atoms with Gasteiger partial charge in [0, 0.05) is 17.8 Å². The average Bonchev–Trinajstić information content (AvgIpc) is 2.05. The van der Waals surface area contributed by atoms with Crippen molar-refractivity contribution < 1.29 is 0 Å². The fraction of sp³-hybridized carbons (Fsp3) is 0.250. The van der Waals surface area contributed by atoms with E-state index in [0.29, 0.717) is 16.9 Å². The molecule has 0 spiro atoms. The third kappa shape index (κ3) is 1.52. The molecule has 0 aromatic carbocycles. The number of anilines is 1. The molecule has 0 amide bonds. The van der Waals surface area contributed by atoms with Gasteiger partial charge in [0.15, 0.2) is 0 Å². The van der Waals surface area contributed by atoms with Crippen LogP contribution >= 0.6 is 0 Å². The van der Waals surface area contributed by atoms with Crippen molar-refractivity contribution >= 4 is 5.82 Å². The molecule has 1 rings (SSSR count). The van der Waals surface area contributed by atoms with Crippen molar-refractivity contribution in [2.45, 2.75) is 13.0 Å². The Labute approximate surface area is 70.8 Å². The monoisotopic (exact) mass is 162 g/mol. The van der Waals surface area contributed by atoms with Crippen molar-refractivity contribution in [1.29, 1.82) is 5.26 Å². The predicted octanol–water partition coefficient (Wildman–Crippen LogP) is 0.555. The van der Waals surface area contributed by atoms with E-state index >= 15 is 0 Å². The molecule has 0 radical (unpaired) electrons. The second-order valence-electron chi connectivity index (χ2n) is 2.60. The Kier molecular flexibility index (Phi) is 2.26. The second-order valence-corrected chi connectivity index (χ2v) is 2.60. The average molecular weight is 162 g/mol. The molecule has 4 nitrogen and oxygen atoms in total. The summed E-state index contributed by atoms with van der Waals surface area (Å²) in [7, 11) is 0. The molecular formula is C8H10N4. The normalized spacial score (nSPS) is 12.1. The van der Waals surface area contributed by atoms with Gasteiger partial charge in [-0.2, -0.15) is 5.26 Å².